The number of carbonyl (C=O) groups excluding carboxylic acids is 1. The third kappa shape index (κ3) is 3.50. The molecule has 0 bridgehead atoms. The van der Waals surface area contributed by atoms with Crippen molar-refractivity contribution in [3.63, 3.8) is 0 Å². The van der Waals surface area contributed by atoms with Crippen molar-refractivity contribution in [1.29, 1.82) is 0 Å². The van der Waals surface area contributed by atoms with E-state index in [-0.39, 0.29) is 18.6 Å². The zero-order chi connectivity index (χ0) is 16.4. The van der Waals surface area contributed by atoms with E-state index in [2.05, 4.69) is 33.8 Å². The third-order valence-electron chi connectivity index (χ3n) is 4.56. The van der Waals surface area contributed by atoms with Crippen LogP contribution >= 0.6 is 0 Å². The van der Waals surface area contributed by atoms with Gasteiger partial charge in [0, 0.05) is 25.3 Å². The second-order valence-electron chi connectivity index (χ2n) is 6.49. The molecule has 2 aromatic rings. The Balaban J connectivity index is 1.83. The van der Waals surface area contributed by atoms with Gasteiger partial charge >= 0.3 is 0 Å². The summed E-state index contributed by atoms with van der Waals surface area (Å²) in [6, 6.07) is 7.77. The predicted molar refractivity (Wildman–Crippen MR) is 92.0 cm³/mol. The van der Waals surface area contributed by atoms with Crippen molar-refractivity contribution in [3.8, 4) is 0 Å². The quantitative estimate of drug-likeness (QED) is 0.824. The first-order valence-corrected chi connectivity index (χ1v) is 8.36. The van der Waals surface area contributed by atoms with E-state index < -0.39 is 0 Å². The maximum Gasteiger partial charge on any atom is 0.253 e. The van der Waals surface area contributed by atoms with Gasteiger partial charge in [0.2, 0.25) is 0 Å². The number of hydrogen-bond donors (Lipinski definition) is 2. The van der Waals surface area contributed by atoms with E-state index in [1.54, 1.807) is 0 Å². The highest BCUT2D eigenvalue weighted by atomic mass is 16.3. The standard InChI is InChI=1S/C18H25N3O2/c1-3-15(12-22)19-18(23)14-6-7-16-8-9-17(21(16)11-14)20(2)10-13-4-5-13/h6-9,11,13,15,22H,3-5,10,12H2,1-2H3,(H,19,23)/t15-/m1/s1. The lowest BCUT2D eigenvalue weighted by molar-refractivity contribution is 0.0914. The van der Waals surface area contributed by atoms with Gasteiger partial charge in [-0.1, -0.05) is 6.92 Å². The fraction of sp³-hybridized carbons (Fsp3) is 0.500. The first-order valence-electron chi connectivity index (χ1n) is 8.36. The molecule has 1 aliphatic carbocycles. The van der Waals surface area contributed by atoms with Gasteiger partial charge < -0.3 is 19.7 Å². The zero-order valence-electron chi connectivity index (χ0n) is 13.8. The molecule has 1 atom stereocenters. The molecule has 2 N–H and O–H groups in total. The third-order valence-corrected chi connectivity index (χ3v) is 4.56. The molecule has 5 heteroatoms. The van der Waals surface area contributed by atoms with Crippen molar-refractivity contribution in [2.24, 2.45) is 5.92 Å². The number of pyridine rings is 1. The fourth-order valence-electron chi connectivity index (χ4n) is 2.86. The van der Waals surface area contributed by atoms with Crippen LogP contribution in [0.25, 0.3) is 5.52 Å². The Kier molecular flexibility index (Phi) is 4.57. The number of carbonyl (C=O) groups is 1. The summed E-state index contributed by atoms with van der Waals surface area (Å²) in [5.41, 5.74) is 1.69. The van der Waals surface area contributed by atoms with E-state index in [9.17, 15) is 9.90 Å². The molecule has 0 radical (unpaired) electrons. The van der Waals surface area contributed by atoms with Crippen molar-refractivity contribution in [1.82, 2.24) is 9.72 Å². The van der Waals surface area contributed by atoms with Gasteiger partial charge in [-0.2, -0.15) is 0 Å². The molecule has 0 spiro atoms. The summed E-state index contributed by atoms with van der Waals surface area (Å²) in [6.45, 7) is 2.97. The van der Waals surface area contributed by atoms with Gasteiger partial charge in [-0.25, -0.2) is 0 Å². The van der Waals surface area contributed by atoms with Gasteiger partial charge in [-0.15, -0.1) is 0 Å². The van der Waals surface area contributed by atoms with Crippen LogP contribution in [0, 0.1) is 5.92 Å². The SMILES string of the molecule is CC[C@H](CO)NC(=O)c1ccc2ccc(N(C)CC3CC3)n2c1. The molecule has 0 saturated heterocycles. The lowest BCUT2D eigenvalue weighted by Crippen LogP contribution is -2.37. The molecule has 124 valence electrons. The highest BCUT2D eigenvalue weighted by molar-refractivity contribution is 5.94. The summed E-state index contributed by atoms with van der Waals surface area (Å²) >= 11 is 0. The average molecular weight is 315 g/mol. The van der Waals surface area contributed by atoms with Crippen LogP contribution in [0.2, 0.25) is 0 Å². The maximum atomic E-state index is 12.4. The zero-order valence-corrected chi connectivity index (χ0v) is 13.8. The molecule has 1 saturated carbocycles. The molecule has 0 unspecified atom stereocenters. The number of aliphatic hydroxyl groups is 1. The molecule has 1 aliphatic rings. The highest BCUT2D eigenvalue weighted by Gasteiger charge is 2.24. The van der Waals surface area contributed by atoms with E-state index >= 15 is 0 Å². The average Bonchev–Trinajstić information content (AvgIpc) is 3.27. The normalized spacial score (nSPS) is 15.6. The Morgan fingerprint density at radius 3 is 2.78 bits per heavy atom. The summed E-state index contributed by atoms with van der Waals surface area (Å²) in [5, 5.41) is 12.1. The summed E-state index contributed by atoms with van der Waals surface area (Å²) in [7, 11) is 2.10. The summed E-state index contributed by atoms with van der Waals surface area (Å²) < 4.78 is 2.07. The number of aromatic nitrogens is 1. The molecule has 0 aliphatic heterocycles. The minimum Gasteiger partial charge on any atom is -0.394 e. The van der Waals surface area contributed by atoms with E-state index in [0.29, 0.717) is 12.0 Å². The summed E-state index contributed by atoms with van der Waals surface area (Å²) in [6.07, 6.45) is 5.23. The van der Waals surface area contributed by atoms with Crippen LogP contribution in [-0.2, 0) is 0 Å². The first kappa shape index (κ1) is 15.9. The topological polar surface area (TPSA) is 57.0 Å². The molecule has 2 aromatic heterocycles. The van der Waals surface area contributed by atoms with Crippen LogP contribution in [0.5, 0.6) is 0 Å². The number of amides is 1. The second-order valence-corrected chi connectivity index (χ2v) is 6.49. The smallest absolute Gasteiger partial charge is 0.253 e. The van der Waals surface area contributed by atoms with Gasteiger partial charge in [0.05, 0.1) is 18.2 Å². The largest absolute Gasteiger partial charge is 0.394 e. The van der Waals surface area contributed by atoms with E-state index in [1.165, 1.54) is 12.8 Å². The van der Waals surface area contributed by atoms with Crippen molar-refractivity contribution in [3.05, 3.63) is 36.0 Å². The monoisotopic (exact) mass is 315 g/mol. The molecule has 5 nitrogen and oxygen atoms in total. The van der Waals surface area contributed by atoms with Crippen LogP contribution in [0.1, 0.15) is 36.5 Å². The van der Waals surface area contributed by atoms with E-state index in [4.69, 9.17) is 0 Å². The van der Waals surface area contributed by atoms with Crippen molar-refractivity contribution < 1.29 is 9.90 Å². The lowest BCUT2D eigenvalue weighted by atomic mass is 10.2. The second kappa shape index (κ2) is 6.62. The number of fused-ring (bicyclic) bond motifs is 1. The van der Waals surface area contributed by atoms with Gasteiger partial charge in [0.25, 0.3) is 5.91 Å². The van der Waals surface area contributed by atoms with Gasteiger partial charge in [-0.05, 0) is 49.4 Å². The van der Waals surface area contributed by atoms with Gasteiger partial charge in [-0.3, -0.25) is 4.79 Å². The number of nitrogens with zero attached hydrogens (tertiary/aromatic N) is 2. The van der Waals surface area contributed by atoms with Crippen LogP contribution in [0.3, 0.4) is 0 Å². The van der Waals surface area contributed by atoms with Crippen molar-refractivity contribution in [2.45, 2.75) is 32.2 Å². The Morgan fingerprint density at radius 1 is 1.39 bits per heavy atom. The predicted octanol–water partition coefficient (Wildman–Crippen LogP) is 2.29. The van der Waals surface area contributed by atoms with Crippen molar-refractivity contribution >= 4 is 17.2 Å². The fourth-order valence-corrected chi connectivity index (χ4v) is 2.86. The number of nitrogens with one attached hydrogen (secondary N) is 1. The Labute approximate surface area is 136 Å². The van der Waals surface area contributed by atoms with Gasteiger partial charge in [0.15, 0.2) is 0 Å². The van der Waals surface area contributed by atoms with E-state index in [1.807, 2.05) is 25.3 Å². The Morgan fingerprint density at radius 2 is 2.13 bits per heavy atom. The summed E-state index contributed by atoms with van der Waals surface area (Å²) in [4.78, 5) is 14.6. The Bertz CT molecular complexity index is 687. The van der Waals surface area contributed by atoms with E-state index in [0.717, 1.165) is 23.8 Å². The number of aliphatic hydroxyl groups excluding tert-OH is 1. The number of anilines is 1. The summed E-state index contributed by atoms with van der Waals surface area (Å²) in [5.74, 6) is 1.78. The number of hydrogen-bond acceptors (Lipinski definition) is 3. The van der Waals surface area contributed by atoms with Crippen LogP contribution < -0.4 is 10.2 Å². The molecule has 2 heterocycles. The molecule has 0 aromatic carbocycles. The lowest BCUT2D eigenvalue weighted by Gasteiger charge is -2.19. The van der Waals surface area contributed by atoms with Gasteiger partial charge in [0.1, 0.15) is 5.82 Å². The Hall–Kier alpha value is -2.01. The minimum absolute atomic E-state index is 0.0383. The molecule has 23 heavy (non-hydrogen) atoms. The number of rotatable bonds is 7. The maximum absolute atomic E-state index is 12.4. The molecule has 3 rings (SSSR count). The highest BCUT2D eigenvalue weighted by Crippen LogP contribution is 2.31. The van der Waals surface area contributed by atoms with Crippen molar-refractivity contribution in [2.75, 3.05) is 25.1 Å². The van der Waals surface area contributed by atoms with Crippen LogP contribution in [0.4, 0.5) is 5.82 Å². The first-order chi connectivity index (χ1) is 11.1. The molecule has 1 fully saturated rings. The van der Waals surface area contributed by atoms with Crippen LogP contribution in [0.15, 0.2) is 30.5 Å². The minimum atomic E-state index is -0.195. The van der Waals surface area contributed by atoms with Crippen LogP contribution in [-0.4, -0.2) is 41.7 Å². The molecular formula is C18H25N3O2. The molecular weight excluding hydrogens is 290 g/mol. The molecule has 1 amide bonds.